The number of nitrogens with two attached hydrogens (primary N) is 1. The van der Waals surface area contributed by atoms with Crippen LogP contribution in [0.3, 0.4) is 0 Å². The van der Waals surface area contributed by atoms with Crippen LogP contribution in [0, 0.1) is 5.92 Å². The number of aliphatic hydroxyl groups is 1. The third kappa shape index (κ3) is 2.40. The van der Waals surface area contributed by atoms with Gasteiger partial charge in [0.15, 0.2) is 0 Å². The van der Waals surface area contributed by atoms with Crippen LogP contribution in [0.15, 0.2) is 0 Å². The molecule has 94 valence electrons. The van der Waals surface area contributed by atoms with E-state index in [-0.39, 0.29) is 12.7 Å². The first-order valence-corrected chi connectivity index (χ1v) is 6.28. The normalized spacial score (nSPS) is 34.3. The van der Waals surface area contributed by atoms with Gasteiger partial charge in [0.05, 0.1) is 18.2 Å². The van der Waals surface area contributed by atoms with Crippen LogP contribution >= 0.6 is 0 Å². The summed E-state index contributed by atoms with van der Waals surface area (Å²) in [5, 5.41) is 9.47. The molecule has 2 fully saturated rings. The Bertz CT molecular complexity index is 245. The van der Waals surface area contributed by atoms with E-state index in [0.717, 1.165) is 19.6 Å². The van der Waals surface area contributed by atoms with Crippen LogP contribution < -0.4 is 5.73 Å². The van der Waals surface area contributed by atoms with Crippen molar-refractivity contribution < 1.29 is 9.84 Å². The lowest BCUT2D eigenvalue weighted by Gasteiger charge is -2.36. The van der Waals surface area contributed by atoms with Crippen LogP contribution in [-0.2, 0) is 4.74 Å². The van der Waals surface area contributed by atoms with Gasteiger partial charge in [-0.25, -0.2) is 0 Å². The summed E-state index contributed by atoms with van der Waals surface area (Å²) in [5.74, 6) is 0.512. The zero-order valence-electron chi connectivity index (χ0n) is 10.4. The fourth-order valence-electron chi connectivity index (χ4n) is 2.85. The summed E-state index contributed by atoms with van der Waals surface area (Å²) in [6.45, 7) is 3.81. The van der Waals surface area contributed by atoms with Gasteiger partial charge < -0.3 is 15.6 Å². The van der Waals surface area contributed by atoms with Crippen LogP contribution in [0.2, 0.25) is 0 Å². The van der Waals surface area contributed by atoms with E-state index < -0.39 is 5.54 Å². The lowest BCUT2D eigenvalue weighted by Crippen LogP contribution is -2.56. The molecule has 3 N–H and O–H groups in total. The van der Waals surface area contributed by atoms with Gasteiger partial charge in [-0.1, -0.05) is 0 Å². The average Bonchev–Trinajstić information content (AvgIpc) is 3.02. The van der Waals surface area contributed by atoms with Crippen molar-refractivity contribution >= 4 is 0 Å². The van der Waals surface area contributed by atoms with E-state index in [1.165, 1.54) is 12.8 Å². The summed E-state index contributed by atoms with van der Waals surface area (Å²) in [5.41, 5.74) is 5.88. The molecular formula is C12H24N2O2. The molecule has 16 heavy (non-hydrogen) atoms. The number of rotatable bonds is 5. The molecule has 2 rings (SSSR count). The van der Waals surface area contributed by atoms with Crippen LogP contribution in [0.25, 0.3) is 0 Å². The molecule has 0 aromatic heterocycles. The zero-order valence-corrected chi connectivity index (χ0v) is 10.4. The first-order valence-electron chi connectivity index (χ1n) is 6.28. The van der Waals surface area contributed by atoms with Gasteiger partial charge >= 0.3 is 0 Å². The summed E-state index contributed by atoms with van der Waals surface area (Å²) < 4.78 is 5.57. The maximum absolute atomic E-state index is 9.47. The molecule has 3 atom stereocenters. The molecular weight excluding hydrogens is 204 g/mol. The number of nitrogens with zero attached hydrogens (tertiary/aromatic N) is 1. The highest BCUT2D eigenvalue weighted by Crippen LogP contribution is 2.38. The smallest absolute Gasteiger partial charge is 0.0702 e. The molecule has 1 saturated heterocycles. The number of ether oxygens (including phenoxy) is 1. The second-order valence-corrected chi connectivity index (χ2v) is 5.51. The molecule has 0 aromatic rings. The molecule has 4 heteroatoms. The number of aliphatic hydroxyl groups excluding tert-OH is 1. The highest BCUT2D eigenvalue weighted by atomic mass is 16.5. The minimum absolute atomic E-state index is 0.0873. The van der Waals surface area contributed by atoms with E-state index in [9.17, 15) is 5.11 Å². The van der Waals surface area contributed by atoms with E-state index >= 15 is 0 Å². The van der Waals surface area contributed by atoms with E-state index in [1.807, 2.05) is 0 Å². The van der Waals surface area contributed by atoms with Crippen molar-refractivity contribution in [1.82, 2.24) is 4.90 Å². The Hall–Kier alpha value is -0.160. The van der Waals surface area contributed by atoms with Crippen LogP contribution in [0.4, 0.5) is 0 Å². The van der Waals surface area contributed by atoms with Crippen molar-refractivity contribution in [3.63, 3.8) is 0 Å². The molecule has 0 aromatic carbocycles. The minimum atomic E-state index is -0.406. The SMILES string of the molecule is CC1OCCC1N(C)CC(N)(CO)C1CC1. The first-order chi connectivity index (χ1) is 7.57. The lowest BCUT2D eigenvalue weighted by molar-refractivity contribution is 0.0616. The van der Waals surface area contributed by atoms with Crippen LogP contribution in [-0.4, -0.2) is 54.5 Å². The van der Waals surface area contributed by atoms with Crippen molar-refractivity contribution in [3.8, 4) is 0 Å². The molecule has 1 saturated carbocycles. The van der Waals surface area contributed by atoms with Gasteiger partial charge in [-0.2, -0.15) is 0 Å². The third-order valence-corrected chi connectivity index (χ3v) is 4.13. The van der Waals surface area contributed by atoms with E-state index in [2.05, 4.69) is 18.9 Å². The Morgan fingerprint density at radius 2 is 2.12 bits per heavy atom. The Morgan fingerprint density at radius 3 is 2.56 bits per heavy atom. The molecule has 0 spiro atoms. The summed E-state index contributed by atoms with van der Waals surface area (Å²) in [6.07, 6.45) is 3.69. The molecule has 0 amide bonds. The second kappa shape index (κ2) is 4.61. The fourth-order valence-corrected chi connectivity index (χ4v) is 2.85. The Kier molecular flexibility index (Phi) is 3.54. The fraction of sp³-hybridized carbons (Fsp3) is 1.00. The molecule has 1 heterocycles. The number of hydrogen-bond acceptors (Lipinski definition) is 4. The van der Waals surface area contributed by atoms with Gasteiger partial charge in [-0.05, 0) is 39.2 Å². The highest BCUT2D eigenvalue weighted by molar-refractivity contribution is 5.01. The third-order valence-electron chi connectivity index (χ3n) is 4.13. The van der Waals surface area contributed by atoms with Gasteiger partial charge in [-0.15, -0.1) is 0 Å². The molecule has 2 aliphatic rings. The van der Waals surface area contributed by atoms with Crippen molar-refractivity contribution in [2.75, 3.05) is 26.8 Å². The van der Waals surface area contributed by atoms with Crippen molar-refractivity contribution in [1.29, 1.82) is 0 Å². The van der Waals surface area contributed by atoms with E-state index in [1.54, 1.807) is 0 Å². The van der Waals surface area contributed by atoms with E-state index in [0.29, 0.717) is 12.0 Å². The highest BCUT2D eigenvalue weighted by Gasteiger charge is 2.43. The summed E-state index contributed by atoms with van der Waals surface area (Å²) >= 11 is 0. The van der Waals surface area contributed by atoms with E-state index in [4.69, 9.17) is 10.5 Å². The molecule has 1 aliphatic heterocycles. The molecule has 1 aliphatic carbocycles. The van der Waals surface area contributed by atoms with Crippen molar-refractivity contribution in [2.24, 2.45) is 11.7 Å². The van der Waals surface area contributed by atoms with Crippen LogP contribution in [0.1, 0.15) is 26.2 Å². The Balaban J connectivity index is 1.92. The lowest BCUT2D eigenvalue weighted by atomic mass is 9.94. The second-order valence-electron chi connectivity index (χ2n) is 5.51. The maximum atomic E-state index is 9.47. The van der Waals surface area contributed by atoms with Crippen molar-refractivity contribution in [3.05, 3.63) is 0 Å². The predicted molar refractivity (Wildman–Crippen MR) is 63.2 cm³/mol. The van der Waals surface area contributed by atoms with Crippen LogP contribution in [0.5, 0.6) is 0 Å². The van der Waals surface area contributed by atoms with Gasteiger partial charge in [0, 0.05) is 19.2 Å². The maximum Gasteiger partial charge on any atom is 0.0702 e. The van der Waals surface area contributed by atoms with Gasteiger partial charge in [0.2, 0.25) is 0 Å². The largest absolute Gasteiger partial charge is 0.394 e. The first kappa shape index (κ1) is 12.3. The minimum Gasteiger partial charge on any atom is -0.394 e. The summed E-state index contributed by atoms with van der Waals surface area (Å²) in [6, 6.07) is 0.452. The molecule has 0 bridgehead atoms. The zero-order chi connectivity index (χ0) is 11.8. The predicted octanol–water partition coefficient (Wildman–Crippen LogP) is 0.195. The summed E-state index contributed by atoms with van der Waals surface area (Å²) in [4.78, 5) is 2.27. The average molecular weight is 228 g/mol. The standard InChI is InChI=1S/C12H24N2O2/c1-9-11(5-6-16-9)14(2)7-12(13,8-15)10-3-4-10/h9-11,15H,3-8,13H2,1-2H3. The summed E-state index contributed by atoms with van der Waals surface area (Å²) in [7, 11) is 2.09. The Morgan fingerprint density at radius 1 is 1.44 bits per heavy atom. The molecule has 4 nitrogen and oxygen atoms in total. The topological polar surface area (TPSA) is 58.7 Å². The van der Waals surface area contributed by atoms with Gasteiger partial charge in [0.25, 0.3) is 0 Å². The monoisotopic (exact) mass is 228 g/mol. The Labute approximate surface area is 97.7 Å². The molecule has 3 unspecified atom stereocenters. The van der Waals surface area contributed by atoms with Crippen molar-refractivity contribution in [2.45, 2.75) is 43.9 Å². The van der Waals surface area contributed by atoms with Gasteiger partial charge in [-0.3, -0.25) is 4.90 Å². The molecule has 0 radical (unpaired) electrons. The quantitative estimate of drug-likeness (QED) is 0.705. The number of likely N-dealkylation sites (N-methyl/N-ethyl adjacent to an activating group) is 1. The number of hydrogen-bond donors (Lipinski definition) is 2. The van der Waals surface area contributed by atoms with Gasteiger partial charge in [0.1, 0.15) is 0 Å².